The molecule has 0 aliphatic rings. The summed E-state index contributed by atoms with van der Waals surface area (Å²) in [7, 11) is 0. The van der Waals surface area contributed by atoms with Gasteiger partial charge in [-0.3, -0.25) is 0 Å². The molecule has 0 fully saturated rings. The van der Waals surface area contributed by atoms with Gasteiger partial charge in [-0.15, -0.1) is 0 Å². The largest absolute Gasteiger partial charge is 0.394 e. The van der Waals surface area contributed by atoms with E-state index >= 15 is 0 Å². The Hall–Kier alpha value is -0.900. The maximum absolute atomic E-state index is 9.11. The van der Waals surface area contributed by atoms with Crippen LogP contribution in [0.3, 0.4) is 0 Å². The summed E-state index contributed by atoms with van der Waals surface area (Å²) in [5.41, 5.74) is 2.52. The van der Waals surface area contributed by atoms with E-state index in [9.17, 15) is 0 Å². The van der Waals surface area contributed by atoms with Crippen molar-refractivity contribution < 1.29 is 10.2 Å². The van der Waals surface area contributed by atoms with Crippen LogP contribution in [-0.2, 0) is 13.0 Å². The van der Waals surface area contributed by atoms with E-state index in [0.29, 0.717) is 6.54 Å². The third-order valence-electron chi connectivity index (χ3n) is 2.35. The van der Waals surface area contributed by atoms with Crippen molar-refractivity contribution >= 4 is 0 Å². The van der Waals surface area contributed by atoms with E-state index in [2.05, 4.69) is 36.5 Å². The Morgan fingerprint density at radius 2 is 1.80 bits per heavy atom. The van der Waals surface area contributed by atoms with Gasteiger partial charge in [0.25, 0.3) is 0 Å². The molecule has 0 amide bonds. The third-order valence-corrected chi connectivity index (χ3v) is 2.35. The number of hydrogen-bond acceptors (Lipinski definition) is 3. The number of nitrogens with one attached hydrogen (secondary N) is 1. The van der Waals surface area contributed by atoms with E-state index in [1.54, 1.807) is 0 Å². The maximum atomic E-state index is 9.11. The van der Waals surface area contributed by atoms with Gasteiger partial charge in [-0.05, 0) is 17.5 Å². The minimum absolute atomic E-state index is 0.193. The fraction of sp³-hybridized carbons (Fsp3) is 0.500. The molecule has 0 aliphatic carbocycles. The fourth-order valence-electron chi connectivity index (χ4n) is 1.34. The Bertz CT molecular complexity index is 271. The molecule has 0 aliphatic heterocycles. The second-order valence-electron chi connectivity index (χ2n) is 3.64. The molecule has 1 atom stereocenters. The summed E-state index contributed by atoms with van der Waals surface area (Å²) in [6, 6.07) is 8.38. The standard InChI is InChI=1S/C12H19NO2/c1-2-10-3-5-11(6-4-10)7-13-8-12(15)9-14/h3-6,12-15H,2,7-9H2,1H3. The van der Waals surface area contributed by atoms with Crippen molar-refractivity contribution in [3.63, 3.8) is 0 Å². The summed E-state index contributed by atoms with van der Waals surface area (Å²) in [4.78, 5) is 0. The molecule has 15 heavy (non-hydrogen) atoms. The summed E-state index contributed by atoms with van der Waals surface area (Å²) in [6.45, 7) is 3.08. The monoisotopic (exact) mass is 209 g/mol. The molecule has 0 bridgehead atoms. The molecule has 1 aromatic carbocycles. The first-order valence-electron chi connectivity index (χ1n) is 5.33. The zero-order chi connectivity index (χ0) is 11.1. The minimum atomic E-state index is -0.667. The lowest BCUT2D eigenvalue weighted by atomic mass is 10.1. The molecule has 0 aromatic heterocycles. The van der Waals surface area contributed by atoms with Crippen molar-refractivity contribution in [1.82, 2.24) is 5.32 Å². The van der Waals surface area contributed by atoms with Crippen LogP contribution in [-0.4, -0.2) is 29.5 Å². The van der Waals surface area contributed by atoms with Gasteiger partial charge in [0.15, 0.2) is 0 Å². The van der Waals surface area contributed by atoms with Crippen LogP contribution in [0.1, 0.15) is 18.1 Å². The Labute approximate surface area is 90.8 Å². The molecule has 1 aromatic rings. The van der Waals surface area contributed by atoms with Crippen molar-refractivity contribution in [1.29, 1.82) is 0 Å². The van der Waals surface area contributed by atoms with Crippen molar-refractivity contribution in [2.75, 3.05) is 13.2 Å². The molecule has 0 spiro atoms. The van der Waals surface area contributed by atoms with Gasteiger partial charge in [-0.2, -0.15) is 0 Å². The van der Waals surface area contributed by atoms with Crippen LogP contribution in [0.25, 0.3) is 0 Å². The molecule has 1 rings (SSSR count). The molecular weight excluding hydrogens is 190 g/mol. The predicted octanol–water partition coefficient (Wildman–Crippen LogP) is 0.692. The average molecular weight is 209 g/mol. The molecule has 0 saturated carbocycles. The van der Waals surface area contributed by atoms with Crippen molar-refractivity contribution in [3.8, 4) is 0 Å². The topological polar surface area (TPSA) is 52.5 Å². The first-order chi connectivity index (χ1) is 7.26. The number of rotatable bonds is 6. The van der Waals surface area contributed by atoms with Crippen LogP contribution in [0, 0.1) is 0 Å². The highest BCUT2D eigenvalue weighted by atomic mass is 16.3. The van der Waals surface area contributed by atoms with Crippen LogP contribution in [0.2, 0.25) is 0 Å². The first-order valence-corrected chi connectivity index (χ1v) is 5.33. The van der Waals surface area contributed by atoms with Gasteiger partial charge in [0, 0.05) is 13.1 Å². The highest BCUT2D eigenvalue weighted by Gasteiger charge is 2.00. The number of aliphatic hydroxyl groups excluding tert-OH is 2. The number of aryl methyl sites for hydroxylation is 1. The van der Waals surface area contributed by atoms with Gasteiger partial charge >= 0.3 is 0 Å². The lowest BCUT2D eigenvalue weighted by Crippen LogP contribution is -2.28. The zero-order valence-electron chi connectivity index (χ0n) is 9.11. The summed E-state index contributed by atoms with van der Waals surface area (Å²) in [6.07, 6.45) is 0.386. The van der Waals surface area contributed by atoms with E-state index in [4.69, 9.17) is 10.2 Å². The van der Waals surface area contributed by atoms with Crippen LogP contribution in [0.15, 0.2) is 24.3 Å². The van der Waals surface area contributed by atoms with Gasteiger partial charge in [-0.25, -0.2) is 0 Å². The molecular formula is C12H19NO2. The van der Waals surface area contributed by atoms with E-state index < -0.39 is 6.10 Å². The van der Waals surface area contributed by atoms with Gasteiger partial charge in [0.1, 0.15) is 0 Å². The molecule has 1 unspecified atom stereocenters. The SMILES string of the molecule is CCc1ccc(CNCC(O)CO)cc1. The highest BCUT2D eigenvalue weighted by Crippen LogP contribution is 2.04. The molecule has 3 heteroatoms. The van der Waals surface area contributed by atoms with Crippen molar-refractivity contribution in [2.45, 2.75) is 26.0 Å². The summed E-state index contributed by atoms with van der Waals surface area (Å²) in [5, 5.41) is 20.8. The number of benzene rings is 1. The predicted molar refractivity (Wildman–Crippen MR) is 60.6 cm³/mol. The Morgan fingerprint density at radius 3 is 2.33 bits per heavy atom. The molecule has 0 heterocycles. The van der Waals surface area contributed by atoms with Gasteiger partial charge < -0.3 is 15.5 Å². The van der Waals surface area contributed by atoms with E-state index in [1.165, 1.54) is 11.1 Å². The van der Waals surface area contributed by atoms with Crippen molar-refractivity contribution in [2.24, 2.45) is 0 Å². The quantitative estimate of drug-likeness (QED) is 0.646. The number of aliphatic hydroxyl groups is 2. The lowest BCUT2D eigenvalue weighted by molar-refractivity contribution is 0.0942. The van der Waals surface area contributed by atoms with Crippen LogP contribution < -0.4 is 5.32 Å². The number of hydrogen-bond donors (Lipinski definition) is 3. The normalized spacial score (nSPS) is 12.7. The van der Waals surface area contributed by atoms with Crippen molar-refractivity contribution in [3.05, 3.63) is 35.4 Å². The molecule has 84 valence electrons. The summed E-state index contributed by atoms with van der Waals surface area (Å²) in [5.74, 6) is 0. The van der Waals surface area contributed by atoms with Gasteiger partial charge in [0.05, 0.1) is 12.7 Å². The lowest BCUT2D eigenvalue weighted by Gasteiger charge is -2.09. The van der Waals surface area contributed by atoms with E-state index in [-0.39, 0.29) is 6.61 Å². The molecule has 0 radical (unpaired) electrons. The summed E-state index contributed by atoms with van der Waals surface area (Å²) >= 11 is 0. The van der Waals surface area contributed by atoms with Gasteiger partial charge in [0.2, 0.25) is 0 Å². The summed E-state index contributed by atoms with van der Waals surface area (Å²) < 4.78 is 0. The second kappa shape index (κ2) is 6.56. The zero-order valence-corrected chi connectivity index (χ0v) is 9.11. The molecule has 3 N–H and O–H groups in total. The van der Waals surface area contributed by atoms with Crippen LogP contribution >= 0.6 is 0 Å². The van der Waals surface area contributed by atoms with Gasteiger partial charge in [-0.1, -0.05) is 31.2 Å². The minimum Gasteiger partial charge on any atom is -0.394 e. The Kier molecular flexibility index (Phi) is 5.32. The third kappa shape index (κ3) is 4.42. The molecule has 3 nitrogen and oxygen atoms in total. The second-order valence-corrected chi connectivity index (χ2v) is 3.64. The Balaban J connectivity index is 2.31. The van der Waals surface area contributed by atoms with E-state index in [0.717, 1.165) is 13.0 Å². The van der Waals surface area contributed by atoms with Crippen LogP contribution in [0.5, 0.6) is 0 Å². The van der Waals surface area contributed by atoms with Crippen LogP contribution in [0.4, 0.5) is 0 Å². The Morgan fingerprint density at radius 1 is 1.20 bits per heavy atom. The maximum Gasteiger partial charge on any atom is 0.0895 e. The highest BCUT2D eigenvalue weighted by molar-refractivity contribution is 5.22. The molecule has 0 saturated heterocycles. The van der Waals surface area contributed by atoms with E-state index in [1.807, 2.05) is 0 Å². The first kappa shape index (κ1) is 12.2. The average Bonchev–Trinajstić information content (AvgIpc) is 2.29. The fourth-order valence-corrected chi connectivity index (χ4v) is 1.34. The smallest absolute Gasteiger partial charge is 0.0895 e.